The summed E-state index contributed by atoms with van der Waals surface area (Å²) in [5.74, 6) is -1.30. The molecular formula is C8H15ClO5S. The highest BCUT2D eigenvalue weighted by atomic mass is 35.5. The number of carbonyl (C=O) groups is 1. The van der Waals surface area contributed by atoms with Gasteiger partial charge in [-0.15, -0.1) is 11.6 Å². The molecule has 1 unspecified atom stereocenters. The SMILES string of the molecule is O=C(O)CCC(CCCCl)CS(=O)(=O)O. The summed E-state index contributed by atoms with van der Waals surface area (Å²) in [5.41, 5.74) is 0. The fourth-order valence-corrected chi connectivity index (χ4v) is 2.39. The molecule has 90 valence electrons. The summed E-state index contributed by atoms with van der Waals surface area (Å²) in [4.78, 5) is 10.3. The van der Waals surface area contributed by atoms with Crippen LogP contribution in [-0.4, -0.2) is 35.7 Å². The molecule has 0 aliphatic heterocycles. The minimum absolute atomic E-state index is 0.0948. The van der Waals surface area contributed by atoms with Gasteiger partial charge in [0, 0.05) is 12.3 Å². The molecule has 0 aliphatic carbocycles. The monoisotopic (exact) mass is 258 g/mol. The van der Waals surface area contributed by atoms with E-state index in [0.717, 1.165) is 0 Å². The molecule has 5 nitrogen and oxygen atoms in total. The predicted octanol–water partition coefficient (Wildman–Crippen LogP) is 1.37. The van der Waals surface area contributed by atoms with E-state index in [1.807, 2.05) is 0 Å². The summed E-state index contributed by atoms with van der Waals surface area (Å²) in [5, 5.41) is 8.45. The van der Waals surface area contributed by atoms with Crippen molar-refractivity contribution in [2.45, 2.75) is 25.7 Å². The Morgan fingerprint density at radius 1 is 1.33 bits per heavy atom. The third-order valence-corrected chi connectivity index (χ3v) is 3.12. The van der Waals surface area contributed by atoms with Crippen LogP contribution in [0.25, 0.3) is 0 Å². The molecule has 1 atom stereocenters. The van der Waals surface area contributed by atoms with E-state index in [1.165, 1.54) is 0 Å². The van der Waals surface area contributed by atoms with Gasteiger partial charge in [-0.1, -0.05) is 0 Å². The first-order valence-corrected chi connectivity index (χ1v) is 6.72. The highest BCUT2D eigenvalue weighted by Crippen LogP contribution is 2.16. The molecule has 0 saturated carbocycles. The van der Waals surface area contributed by atoms with E-state index in [1.54, 1.807) is 0 Å². The number of hydrogen-bond donors (Lipinski definition) is 2. The molecule has 7 heteroatoms. The quantitative estimate of drug-likeness (QED) is 0.507. The zero-order valence-electron chi connectivity index (χ0n) is 8.23. The maximum absolute atomic E-state index is 10.6. The summed E-state index contributed by atoms with van der Waals surface area (Å²) in [6, 6.07) is 0. The maximum atomic E-state index is 10.6. The zero-order valence-corrected chi connectivity index (χ0v) is 9.80. The lowest BCUT2D eigenvalue weighted by Crippen LogP contribution is -2.17. The van der Waals surface area contributed by atoms with Gasteiger partial charge in [0.2, 0.25) is 0 Å². The van der Waals surface area contributed by atoms with Gasteiger partial charge in [-0.2, -0.15) is 8.42 Å². The third kappa shape index (κ3) is 9.96. The topological polar surface area (TPSA) is 91.7 Å². The summed E-state index contributed by atoms with van der Waals surface area (Å²) in [6.45, 7) is 0. The van der Waals surface area contributed by atoms with E-state index in [4.69, 9.17) is 21.3 Å². The van der Waals surface area contributed by atoms with Gasteiger partial charge in [0.25, 0.3) is 10.1 Å². The number of carboxylic acid groups (broad SMARTS) is 1. The van der Waals surface area contributed by atoms with Crippen LogP contribution < -0.4 is 0 Å². The number of halogens is 1. The molecule has 0 amide bonds. The van der Waals surface area contributed by atoms with Crippen LogP contribution in [0.5, 0.6) is 0 Å². The Hall–Kier alpha value is -0.330. The molecule has 0 radical (unpaired) electrons. The van der Waals surface area contributed by atoms with E-state index in [2.05, 4.69) is 0 Å². The molecular weight excluding hydrogens is 244 g/mol. The van der Waals surface area contributed by atoms with Crippen molar-refractivity contribution in [3.63, 3.8) is 0 Å². The third-order valence-electron chi connectivity index (χ3n) is 1.96. The Morgan fingerprint density at radius 2 is 1.93 bits per heavy atom. The maximum Gasteiger partial charge on any atom is 0.303 e. The highest BCUT2D eigenvalue weighted by Gasteiger charge is 2.17. The van der Waals surface area contributed by atoms with Crippen molar-refractivity contribution in [3.05, 3.63) is 0 Å². The molecule has 0 saturated heterocycles. The van der Waals surface area contributed by atoms with Gasteiger partial charge < -0.3 is 5.11 Å². The van der Waals surface area contributed by atoms with E-state index in [-0.39, 0.29) is 18.8 Å². The minimum Gasteiger partial charge on any atom is -0.481 e. The van der Waals surface area contributed by atoms with Gasteiger partial charge in [0.1, 0.15) is 0 Å². The average Bonchev–Trinajstić information content (AvgIpc) is 2.07. The summed E-state index contributed by atoms with van der Waals surface area (Å²) in [6.07, 6.45) is 1.27. The Bertz CT molecular complexity index is 287. The molecule has 0 fully saturated rings. The number of hydrogen-bond acceptors (Lipinski definition) is 3. The van der Waals surface area contributed by atoms with E-state index in [9.17, 15) is 13.2 Å². The fraction of sp³-hybridized carbons (Fsp3) is 0.875. The van der Waals surface area contributed by atoms with Crippen LogP contribution in [-0.2, 0) is 14.9 Å². The van der Waals surface area contributed by atoms with Gasteiger partial charge in [0.15, 0.2) is 0 Å². The van der Waals surface area contributed by atoms with E-state index in [0.29, 0.717) is 18.7 Å². The standard InChI is InChI=1S/C8H15ClO5S/c9-5-1-2-7(3-4-8(10)11)6-15(12,13)14/h7H,1-6H2,(H,10,11)(H,12,13,14). The van der Waals surface area contributed by atoms with Crippen LogP contribution in [0.15, 0.2) is 0 Å². The Kier molecular flexibility index (Phi) is 6.87. The number of rotatable bonds is 8. The van der Waals surface area contributed by atoms with Crippen LogP contribution in [0.3, 0.4) is 0 Å². The lowest BCUT2D eigenvalue weighted by molar-refractivity contribution is -0.137. The first-order chi connectivity index (χ1) is 6.85. The van der Waals surface area contributed by atoms with Gasteiger partial charge >= 0.3 is 5.97 Å². The van der Waals surface area contributed by atoms with E-state index < -0.39 is 21.8 Å². The van der Waals surface area contributed by atoms with Gasteiger partial charge in [-0.25, -0.2) is 0 Å². The minimum atomic E-state index is -4.04. The smallest absolute Gasteiger partial charge is 0.303 e. The van der Waals surface area contributed by atoms with Crippen LogP contribution in [0.2, 0.25) is 0 Å². The largest absolute Gasteiger partial charge is 0.481 e. The second-order valence-corrected chi connectivity index (χ2v) is 5.25. The molecule has 15 heavy (non-hydrogen) atoms. The van der Waals surface area contributed by atoms with Gasteiger partial charge in [0.05, 0.1) is 5.75 Å². The Labute approximate surface area is 94.2 Å². The van der Waals surface area contributed by atoms with Crippen LogP contribution >= 0.6 is 11.6 Å². The Morgan fingerprint density at radius 3 is 2.33 bits per heavy atom. The summed E-state index contributed by atoms with van der Waals surface area (Å²) >= 11 is 5.45. The Balaban J connectivity index is 4.12. The first kappa shape index (κ1) is 14.7. The zero-order chi connectivity index (χ0) is 11.9. The van der Waals surface area contributed by atoms with Crippen LogP contribution in [0.1, 0.15) is 25.7 Å². The first-order valence-electron chi connectivity index (χ1n) is 4.58. The number of alkyl halides is 1. The molecule has 0 bridgehead atoms. The lowest BCUT2D eigenvalue weighted by Gasteiger charge is -2.12. The molecule has 0 aliphatic rings. The number of carboxylic acids is 1. The van der Waals surface area contributed by atoms with Crippen molar-refractivity contribution in [2.24, 2.45) is 5.92 Å². The molecule has 0 aromatic rings. The van der Waals surface area contributed by atoms with Crippen molar-refractivity contribution in [1.82, 2.24) is 0 Å². The fourth-order valence-electron chi connectivity index (χ4n) is 1.30. The van der Waals surface area contributed by atoms with Crippen molar-refractivity contribution in [1.29, 1.82) is 0 Å². The molecule has 0 rings (SSSR count). The second-order valence-electron chi connectivity index (χ2n) is 3.38. The van der Waals surface area contributed by atoms with Gasteiger partial charge in [-0.05, 0) is 25.2 Å². The van der Waals surface area contributed by atoms with Crippen molar-refractivity contribution in [2.75, 3.05) is 11.6 Å². The summed E-state index contributed by atoms with van der Waals surface area (Å²) < 4.78 is 29.9. The highest BCUT2D eigenvalue weighted by molar-refractivity contribution is 7.85. The molecule has 0 aromatic heterocycles. The van der Waals surface area contributed by atoms with Crippen LogP contribution in [0.4, 0.5) is 0 Å². The van der Waals surface area contributed by atoms with Crippen molar-refractivity contribution < 1.29 is 22.9 Å². The second kappa shape index (κ2) is 7.03. The number of aliphatic carboxylic acids is 1. The van der Waals surface area contributed by atoms with Crippen molar-refractivity contribution in [3.8, 4) is 0 Å². The average molecular weight is 259 g/mol. The molecule has 2 N–H and O–H groups in total. The van der Waals surface area contributed by atoms with Gasteiger partial charge in [-0.3, -0.25) is 9.35 Å². The van der Waals surface area contributed by atoms with E-state index >= 15 is 0 Å². The normalized spacial score (nSPS) is 13.7. The van der Waals surface area contributed by atoms with Crippen LogP contribution in [0, 0.1) is 5.92 Å². The molecule has 0 aromatic carbocycles. The molecule has 0 heterocycles. The van der Waals surface area contributed by atoms with Crippen molar-refractivity contribution >= 4 is 27.7 Å². The molecule has 0 spiro atoms. The lowest BCUT2D eigenvalue weighted by atomic mass is 10.0. The predicted molar refractivity (Wildman–Crippen MR) is 56.7 cm³/mol. The summed E-state index contributed by atoms with van der Waals surface area (Å²) in [7, 11) is -4.04.